The summed E-state index contributed by atoms with van der Waals surface area (Å²) in [4.78, 5) is 25.2. The van der Waals surface area contributed by atoms with Gasteiger partial charge in [-0.3, -0.25) is 4.79 Å². The normalized spacial score (nSPS) is 12.8. The molecule has 1 amide bonds. The van der Waals surface area contributed by atoms with Crippen molar-refractivity contribution in [2.45, 2.75) is 66.7 Å². The highest BCUT2D eigenvalue weighted by Gasteiger charge is 2.23. The van der Waals surface area contributed by atoms with Crippen LogP contribution in [0.3, 0.4) is 0 Å². The molecule has 130 valence electrons. The Morgan fingerprint density at radius 3 is 2.48 bits per heavy atom. The topological polar surface area (TPSA) is 55.4 Å². The second-order valence-electron chi connectivity index (χ2n) is 7.08. The number of anilines is 1. The summed E-state index contributed by atoms with van der Waals surface area (Å²) in [5.41, 5.74) is 0.677. The van der Waals surface area contributed by atoms with E-state index < -0.39 is 0 Å². The van der Waals surface area contributed by atoms with E-state index in [-0.39, 0.29) is 17.3 Å². The lowest BCUT2D eigenvalue weighted by Crippen LogP contribution is -2.13. The molecule has 0 bridgehead atoms. The van der Waals surface area contributed by atoms with Crippen LogP contribution in [0.1, 0.15) is 82.0 Å². The van der Waals surface area contributed by atoms with Gasteiger partial charge >= 0.3 is 5.97 Å². The number of carbonyl (C=O) groups is 2. The van der Waals surface area contributed by atoms with E-state index in [2.05, 4.69) is 33.0 Å². The van der Waals surface area contributed by atoms with Crippen molar-refractivity contribution >= 4 is 28.2 Å². The Morgan fingerprint density at radius 2 is 1.96 bits per heavy atom. The molecule has 0 saturated heterocycles. The Hall–Kier alpha value is -1.36. The van der Waals surface area contributed by atoms with E-state index >= 15 is 0 Å². The number of rotatable bonds is 7. The fourth-order valence-electron chi connectivity index (χ4n) is 2.54. The van der Waals surface area contributed by atoms with Crippen LogP contribution < -0.4 is 5.32 Å². The Bertz CT molecular complexity index is 543. The third-order valence-corrected chi connectivity index (χ3v) is 4.66. The van der Waals surface area contributed by atoms with Crippen molar-refractivity contribution in [1.82, 2.24) is 0 Å². The molecule has 1 heterocycles. The molecule has 0 aromatic carbocycles. The monoisotopic (exact) mass is 339 g/mol. The average Bonchev–Trinajstić information content (AvgIpc) is 2.81. The second kappa shape index (κ2) is 8.48. The predicted octanol–water partition coefficient (Wildman–Crippen LogP) is 5.20. The van der Waals surface area contributed by atoms with Gasteiger partial charge in [0.05, 0.1) is 12.2 Å². The van der Waals surface area contributed by atoms with Gasteiger partial charge in [0.15, 0.2) is 0 Å². The summed E-state index contributed by atoms with van der Waals surface area (Å²) < 4.78 is 5.12. The molecule has 1 unspecified atom stereocenters. The molecule has 1 N–H and O–H groups in total. The quantitative estimate of drug-likeness (QED) is 0.694. The number of amides is 1. The molecule has 0 radical (unpaired) electrons. The molecule has 0 fully saturated rings. The number of thiophene rings is 1. The van der Waals surface area contributed by atoms with E-state index in [1.165, 1.54) is 11.3 Å². The maximum Gasteiger partial charge on any atom is 0.341 e. The highest BCUT2D eigenvalue weighted by Crippen LogP contribution is 2.38. The van der Waals surface area contributed by atoms with Gasteiger partial charge in [0.1, 0.15) is 5.00 Å². The fraction of sp³-hybridized carbons (Fsp3) is 0.667. The Kier molecular flexibility index (Phi) is 7.26. The number of hydrogen-bond donors (Lipinski definition) is 1. The largest absolute Gasteiger partial charge is 0.462 e. The second-order valence-corrected chi connectivity index (χ2v) is 8.16. The molecule has 23 heavy (non-hydrogen) atoms. The molecule has 0 aliphatic rings. The van der Waals surface area contributed by atoms with E-state index in [0.29, 0.717) is 29.5 Å². The van der Waals surface area contributed by atoms with Crippen molar-refractivity contribution < 1.29 is 14.3 Å². The SMILES string of the molecule is CCCC(=O)Nc1sc(C(C)CC(C)(C)C)cc1C(=O)OCC. The lowest BCUT2D eigenvalue weighted by Gasteiger charge is -2.22. The maximum atomic E-state index is 12.2. The highest BCUT2D eigenvalue weighted by atomic mass is 32.1. The number of ether oxygens (including phenoxy) is 1. The number of carbonyl (C=O) groups excluding carboxylic acids is 2. The molecular formula is C18H29NO3S. The predicted molar refractivity (Wildman–Crippen MR) is 96.3 cm³/mol. The van der Waals surface area contributed by atoms with Crippen LogP contribution in [-0.2, 0) is 9.53 Å². The molecule has 0 aliphatic heterocycles. The van der Waals surface area contributed by atoms with Crippen molar-refractivity contribution in [1.29, 1.82) is 0 Å². The lowest BCUT2D eigenvalue weighted by atomic mass is 9.85. The van der Waals surface area contributed by atoms with Crippen LogP contribution in [0.5, 0.6) is 0 Å². The van der Waals surface area contributed by atoms with Crippen LogP contribution in [0.2, 0.25) is 0 Å². The molecule has 5 heteroatoms. The fourth-order valence-corrected chi connectivity index (χ4v) is 3.66. The van der Waals surface area contributed by atoms with Gasteiger partial charge in [0, 0.05) is 11.3 Å². The van der Waals surface area contributed by atoms with Crippen molar-refractivity contribution in [3.8, 4) is 0 Å². The lowest BCUT2D eigenvalue weighted by molar-refractivity contribution is -0.116. The van der Waals surface area contributed by atoms with Crippen LogP contribution in [0, 0.1) is 5.41 Å². The zero-order valence-corrected chi connectivity index (χ0v) is 15.9. The van der Waals surface area contributed by atoms with Crippen molar-refractivity contribution in [2.24, 2.45) is 5.41 Å². The number of hydrogen-bond acceptors (Lipinski definition) is 4. The molecular weight excluding hydrogens is 310 g/mol. The van der Waals surface area contributed by atoms with Gasteiger partial charge < -0.3 is 10.1 Å². The van der Waals surface area contributed by atoms with E-state index in [9.17, 15) is 9.59 Å². The number of nitrogens with one attached hydrogen (secondary N) is 1. The minimum Gasteiger partial charge on any atom is -0.462 e. The zero-order valence-electron chi connectivity index (χ0n) is 15.1. The summed E-state index contributed by atoms with van der Waals surface area (Å²) in [5.74, 6) is -0.107. The molecule has 1 rings (SSSR count). The summed E-state index contributed by atoms with van der Waals surface area (Å²) >= 11 is 1.48. The van der Waals surface area contributed by atoms with E-state index in [1.807, 2.05) is 13.0 Å². The highest BCUT2D eigenvalue weighted by molar-refractivity contribution is 7.16. The summed E-state index contributed by atoms with van der Waals surface area (Å²) in [7, 11) is 0. The van der Waals surface area contributed by atoms with Crippen LogP contribution >= 0.6 is 11.3 Å². The van der Waals surface area contributed by atoms with Gasteiger partial charge in [-0.05, 0) is 37.2 Å². The first-order chi connectivity index (χ1) is 10.7. The molecule has 1 aromatic rings. The van der Waals surface area contributed by atoms with E-state index in [0.717, 1.165) is 17.7 Å². The number of esters is 1. The maximum absolute atomic E-state index is 12.2. The van der Waals surface area contributed by atoms with Crippen molar-refractivity contribution in [3.63, 3.8) is 0 Å². The minimum atomic E-state index is -0.371. The smallest absolute Gasteiger partial charge is 0.341 e. The third kappa shape index (κ3) is 6.34. The van der Waals surface area contributed by atoms with Gasteiger partial charge in [0.2, 0.25) is 5.91 Å². The van der Waals surface area contributed by atoms with E-state index in [1.54, 1.807) is 6.92 Å². The Labute approximate surface area is 143 Å². The molecule has 1 aromatic heterocycles. The zero-order chi connectivity index (χ0) is 17.6. The van der Waals surface area contributed by atoms with Crippen LogP contribution in [0.15, 0.2) is 6.07 Å². The summed E-state index contributed by atoms with van der Waals surface area (Å²) in [6.45, 7) is 12.8. The van der Waals surface area contributed by atoms with Gasteiger partial charge in [-0.1, -0.05) is 34.6 Å². The first-order valence-corrected chi connectivity index (χ1v) is 9.10. The minimum absolute atomic E-state index is 0.0603. The Morgan fingerprint density at radius 1 is 1.30 bits per heavy atom. The molecule has 4 nitrogen and oxygen atoms in total. The Balaban J connectivity index is 3.05. The third-order valence-electron chi connectivity index (χ3n) is 3.38. The van der Waals surface area contributed by atoms with Crippen molar-refractivity contribution in [2.75, 3.05) is 11.9 Å². The molecule has 0 aliphatic carbocycles. The summed E-state index contributed by atoms with van der Waals surface area (Å²) in [5, 5.41) is 3.48. The van der Waals surface area contributed by atoms with Gasteiger partial charge in [-0.2, -0.15) is 0 Å². The van der Waals surface area contributed by atoms with Gasteiger partial charge in [-0.15, -0.1) is 11.3 Å². The first kappa shape index (κ1) is 19.7. The van der Waals surface area contributed by atoms with E-state index in [4.69, 9.17) is 4.74 Å². The van der Waals surface area contributed by atoms with Gasteiger partial charge in [0.25, 0.3) is 0 Å². The first-order valence-electron chi connectivity index (χ1n) is 8.28. The average molecular weight is 340 g/mol. The van der Waals surface area contributed by atoms with Crippen LogP contribution in [0.4, 0.5) is 5.00 Å². The van der Waals surface area contributed by atoms with Crippen LogP contribution in [0.25, 0.3) is 0 Å². The summed E-state index contributed by atoms with van der Waals surface area (Å²) in [6.07, 6.45) is 2.24. The standard InChI is InChI=1S/C18H29NO3S/c1-7-9-15(20)19-16-13(17(21)22-8-2)10-14(23-16)12(3)11-18(4,5)6/h10,12H,7-9,11H2,1-6H3,(H,19,20). The summed E-state index contributed by atoms with van der Waals surface area (Å²) in [6, 6.07) is 1.88. The van der Waals surface area contributed by atoms with Crippen LogP contribution in [-0.4, -0.2) is 18.5 Å². The molecule has 0 saturated carbocycles. The van der Waals surface area contributed by atoms with Gasteiger partial charge in [-0.25, -0.2) is 4.79 Å². The molecule has 0 spiro atoms. The van der Waals surface area contributed by atoms with Crippen molar-refractivity contribution in [3.05, 3.63) is 16.5 Å². The molecule has 1 atom stereocenters.